The normalized spacial score (nSPS) is 24.3. The van der Waals surface area contributed by atoms with E-state index < -0.39 is 0 Å². The fourth-order valence-corrected chi connectivity index (χ4v) is 2.24. The van der Waals surface area contributed by atoms with E-state index in [0.717, 1.165) is 17.6 Å². The minimum absolute atomic E-state index is 0.600. The Labute approximate surface area is 85.8 Å². The zero-order chi connectivity index (χ0) is 9.10. The van der Waals surface area contributed by atoms with Crippen molar-refractivity contribution in [2.45, 2.75) is 44.9 Å². The topological polar surface area (TPSA) is 9.23 Å². The molecular formula is C11H18OS. The Hall–Kier alpha value is -0.110. The third-order valence-electron chi connectivity index (χ3n) is 3.10. The maximum Gasteiger partial charge on any atom is 0.162 e. The minimum atomic E-state index is 0.600. The fraction of sp³-hybridized carbons (Fsp3) is 0.909. The molecule has 0 spiro atoms. The maximum absolute atomic E-state index is 5.64. The van der Waals surface area contributed by atoms with Gasteiger partial charge in [0.05, 0.1) is 6.61 Å². The highest BCUT2D eigenvalue weighted by Gasteiger charge is 2.24. The van der Waals surface area contributed by atoms with Gasteiger partial charge in [-0.3, -0.25) is 0 Å². The molecule has 0 radical (unpaired) electrons. The molecule has 74 valence electrons. The van der Waals surface area contributed by atoms with Gasteiger partial charge in [0.15, 0.2) is 5.05 Å². The summed E-state index contributed by atoms with van der Waals surface area (Å²) in [6.45, 7) is 0.898. The summed E-state index contributed by atoms with van der Waals surface area (Å²) < 4.78 is 5.64. The van der Waals surface area contributed by atoms with Gasteiger partial charge < -0.3 is 4.74 Å². The Morgan fingerprint density at radius 1 is 1.08 bits per heavy atom. The van der Waals surface area contributed by atoms with Crippen molar-refractivity contribution in [3.8, 4) is 0 Å². The molecule has 0 aromatic rings. The van der Waals surface area contributed by atoms with Crippen molar-refractivity contribution >= 4 is 17.3 Å². The van der Waals surface area contributed by atoms with E-state index in [1.807, 2.05) is 0 Å². The van der Waals surface area contributed by atoms with Gasteiger partial charge in [0.1, 0.15) is 0 Å². The van der Waals surface area contributed by atoms with Gasteiger partial charge in [0.25, 0.3) is 0 Å². The standard InChI is InChI=1S/C11H18OS/c13-11(12-8-9-6-7-9)10-4-2-1-3-5-10/h9-10H,1-8H2. The van der Waals surface area contributed by atoms with Gasteiger partial charge in [-0.25, -0.2) is 0 Å². The second kappa shape index (κ2) is 4.41. The van der Waals surface area contributed by atoms with Crippen LogP contribution in [0.1, 0.15) is 44.9 Å². The maximum atomic E-state index is 5.64. The summed E-state index contributed by atoms with van der Waals surface area (Å²) in [6.07, 6.45) is 9.32. The van der Waals surface area contributed by atoms with Crippen LogP contribution in [-0.4, -0.2) is 11.7 Å². The van der Waals surface area contributed by atoms with E-state index >= 15 is 0 Å². The van der Waals surface area contributed by atoms with Crippen LogP contribution in [0.15, 0.2) is 0 Å². The quantitative estimate of drug-likeness (QED) is 0.643. The molecule has 0 bridgehead atoms. The largest absolute Gasteiger partial charge is 0.486 e. The monoisotopic (exact) mass is 198 g/mol. The molecule has 2 aliphatic carbocycles. The van der Waals surface area contributed by atoms with Crippen LogP contribution in [0.3, 0.4) is 0 Å². The zero-order valence-electron chi connectivity index (χ0n) is 8.13. The predicted molar refractivity (Wildman–Crippen MR) is 57.8 cm³/mol. The van der Waals surface area contributed by atoms with Crippen LogP contribution in [0.2, 0.25) is 0 Å². The van der Waals surface area contributed by atoms with Gasteiger partial charge >= 0.3 is 0 Å². The van der Waals surface area contributed by atoms with Gasteiger partial charge in [-0.15, -0.1) is 0 Å². The van der Waals surface area contributed by atoms with Crippen molar-refractivity contribution in [1.82, 2.24) is 0 Å². The zero-order valence-corrected chi connectivity index (χ0v) is 8.94. The highest BCUT2D eigenvalue weighted by molar-refractivity contribution is 7.80. The SMILES string of the molecule is S=C(OCC1CC1)C1CCCCC1. The van der Waals surface area contributed by atoms with Crippen molar-refractivity contribution in [2.75, 3.05) is 6.61 Å². The van der Waals surface area contributed by atoms with Crippen LogP contribution in [0, 0.1) is 11.8 Å². The first-order valence-electron chi connectivity index (χ1n) is 5.53. The molecule has 2 fully saturated rings. The first-order chi connectivity index (χ1) is 6.36. The summed E-state index contributed by atoms with van der Waals surface area (Å²) in [6, 6.07) is 0. The fourth-order valence-electron chi connectivity index (χ4n) is 1.94. The Morgan fingerprint density at radius 2 is 1.77 bits per heavy atom. The van der Waals surface area contributed by atoms with Gasteiger partial charge in [-0.05, 0) is 43.8 Å². The lowest BCUT2D eigenvalue weighted by molar-refractivity contribution is 0.260. The van der Waals surface area contributed by atoms with Gasteiger partial charge in [0, 0.05) is 5.92 Å². The number of hydrogen-bond acceptors (Lipinski definition) is 2. The van der Waals surface area contributed by atoms with Crippen LogP contribution in [0.5, 0.6) is 0 Å². The van der Waals surface area contributed by atoms with Crippen molar-refractivity contribution in [3.63, 3.8) is 0 Å². The van der Waals surface area contributed by atoms with Crippen LogP contribution in [0.25, 0.3) is 0 Å². The lowest BCUT2D eigenvalue weighted by Crippen LogP contribution is -2.19. The summed E-state index contributed by atoms with van der Waals surface area (Å²) in [7, 11) is 0. The first-order valence-corrected chi connectivity index (χ1v) is 5.94. The molecule has 0 aliphatic heterocycles. The molecule has 0 saturated heterocycles. The number of ether oxygens (including phenoxy) is 1. The summed E-state index contributed by atoms with van der Waals surface area (Å²) >= 11 is 5.30. The van der Waals surface area contributed by atoms with Gasteiger partial charge in [0.2, 0.25) is 0 Å². The molecule has 0 atom stereocenters. The Balaban J connectivity index is 1.67. The molecule has 0 N–H and O–H groups in total. The molecule has 2 saturated carbocycles. The smallest absolute Gasteiger partial charge is 0.162 e. The Bertz CT molecular complexity index is 181. The van der Waals surface area contributed by atoms with Crippen LogP contribution in [-0.2, 0) is 4.74 Å². The molecular weight excluding hydrogens is 180 g/mol. The van der Waals surface area contributed by atoms with Crippen molar-refractivity contribution < 1.29 is 4.74 Å². The summed E-state index contributed by atoms with van der Waals surface area (Å²) in [5, 5.41) is 0.909. The van der Waals surface area contributed by atoms with E-state index in [1.54, 1.807) is 0 Å². The molecule has 0 aromatic carbocycles. The Morgan fingerprint density at radius 3 is 2.38 bits per heavy atom. The highest BCUT2D eigenvalue weighted by Crippen LogP contribution is 2.30. The van der Waals surface area contributed by atoms with E-state index in [2.05, 4.69) is 0 Å². The third kappa shape index (κ3) is 2.94. The Kier molecular flexibility index (Phi) is 3.20. The van der Waals surface area contributed by atoms with Crippen LogP contribution in [0.4, 0.5) is 0 Å². The number of hydrogen-bond donors (Lipinski definition) is 0. The van der Waals surface area contributed by atoms with Crippen molar-refractivity contribution in [3.05, 3.63) is 0 Å². The molecule has 0 aromatic heterocycles. The third-order valence-corrected chi connectivity index (χ3v) is 3.55. The van der Waals surface area contributed by atoms with E-state index in [4.69, 9.17) is 17.0 Å². The highest BCUT2D eigenvalue weighted by atomic mass is 32.1. The van der Waals surface area contributed by atoms with Crippen LogP contribution < -0.4 is 0 Å². The minimum Gasteiger partial charge on any atom is -0.486 e. The lowest BCUT2D eigenvalue weighted by atomic mass is 9.90. The number of thiocarbonyl (C=S) groups is 1. The van der Waals surface area contributed by atoms with Crippen molar-refractivity contribution in [2.24, 2.45) is 11.8 Å². The van der Waals surface area contributed by atoms with Gasteiger partial charge in [-0.2, -0.15) is 0 Å². The molecule has 2 aliphatic rings. The molecule has 13 heavy (non-hydrogen) atoms. The lowest BCUT2D eigenvalue weighted by Gasteiger charge is -2.22. The summed E-state index contributed by atoms with van der Waals surface area (Å²) in [4.78, 5) is 0. The van der Waals surface area contributed by atoms with Crippen LogP contribution >= 0.6 is 12.2 Å². The molecule has 0 unspecified atom stereocenters. The molecule has 2 rings (SSSR count). The van der Waals surface area contributed by atoms with E-state index in [9.17, 15) is 0 Å². The van der Waals surface area contributed by atoms with E-state index in [0.29, 0.717) is 5.92 Å². The first kappa shape index (κ1) is 9.45. The van der Waals surface area contributed by atoms with Gasteiger partial charge in [-0.1, -0.05) is 19.3 Å². The predicted octanol–water partition coefficient (Wildman–Crippen LogP) is 3.32. The van der Waals surface area contributed by atoms with E-state index in [-0.39, 0.29) is 0 Å². The van der Waals surface area contributed by atoms with Crippen molar-refractivity contribution in [1.29, 1.82) is 0 Å². The van der Waals surface area contributed by atoms with E-state index in [1.165, 1.54) is 44.9 Å². The molecule has 2 heteroatoms. The summed E-state index contributed by atoms with van der Waals surface area (Å²) in [5.41, 5.74) is 0. The molecule has 1 nitrogen and oxygen atoms in total. The summed E-state index contributed by atoms with van der Waals surface area (Å²) in [5.74, 6) is 1.43. The molecule has 0 amide bonds. The average Bonchev–Trinajstić information content (AvgIpc) is 2.99. The second-order valence-corrected chi connectivity index (χ2v) is 4.81. The second-order valence-electron chi connectivity index (χ2n) is 4.41. The number of rotatable bonds is 3. The average molecular weight is 198 g/mol. The molecule has 0 heterocycles.